The van der Waals surface area contributed by atoms with Crippen molar-refractivity contribution < 1.29 is 9.90 Å². The molecule has 0 saturated heterocycles. The molecule has 6 heteroatoms. The maximum absolute atomic E-state index is 10.8. The van der Waals surface area contributed by atoms with E-state index in [0.29, 0.717) is 6.54 Å². The minimum Gasteiger partial charge on any atom is -0.465 e. The van der Waals surface area contributed by atoms with E-state index in [9.17, 15) is 4.79 Å². The van der Waals surface area contributed by atoms with Crippen LogP contribution in [-0.2, 0) is 0 Å². The maximum Gasteiger partial charge on any atom is 0.414 e. The molecule has 0 spiro atoms. The Morgan fingerprint density at radius 2 is 2.14 bits per heavy atom. The highest BCUT2D eigenvalue weighted by molar-refractivity contribution is 5.83. The highest BCUT2D eigenvalue weighted by atomic mass is 16.4. The lowest BCUT2D eigenvalue weighted by molar-refractivity contribution is 0.201. The first-order valence-corrected chi connectivity index (χ1v) is 4.38. The Labute approximate surface area is 81.6 Å². The summed E-state index contributed by atoms with van der Waals surface area (Å²) in [5.74, 6) is 0.181. The number of rotatable bonds is 4. The molecule has 0 atom stereocenters. The number of hydrogen-bond donors (Lipinski definition) is 1. The molecule has 0 radical (unpaired) electrons. The second kappa shape index (κ2) is 5.11. The molecule has 76 valence electrons. The van der Waals surface area contributed by atoms with E-state index in [-0.39, 0.29) is 5.95 Å². The van der Waals surface area contributed by atoms with Gasteiger partial charge in [0.15, 0.2) is 0 Å². The number of amides is 1. The molecule has 1 amide bonds. The molecule has 0 aliphatic rings. The van der Waals surface area contributed by atoms with Gasteiger partial charge in [-0.1, -0.05) is 13.3 Å². The molecule has 0 fully saturated rings. The number of carboxylic acid groups (broad SMARTS) is 1. The van der Waals surface area contributed by atoms with Crippen molar-refractivity contribution in [2.45, 2.75) is 19.8 Å². The maximum atomic E-state index is 10.8. The number of unbranched alkanes of at least 4 members (excludes halogenated alkanes) is 1. The first kappa shape index (κ1) is 10.4. The van der Waals surface area contributed by atoms with Gasteiger partial charge in [-0.3, -0.25) is 0 Å². The van der Waals surface area contributed by atoms with Crippen molar-refractivity contribution in [1.82, 2.24) is 15.0 Å². The molecule has 6 nitrogen and oxygen atoms in total. The quantitative estimate of drug-likeness (QED) is 0.781. The van der Waals surface area contributed by atoms with Crippen LogP contribution in [0.25, 0.3) is 0 Å². The summed E-state index contributed by atoms with van der Waals surface area (Å²) >= 11 is 0. The minimum atomic E-state index is -1.04. The highest BCUT2D eigenvalue weighted by Gasteiger charge is 2.15. The average molecular weight is 196 g/mol. The van der Waals surface area contributed by atoms with Crippen LogP contribution >= 0.6 is 0 Å². The fraction of sp³-hybridized carbons (Fsp3) is 0.500. The number of anilines is 1. The predicted octanol–water partition coefficient (Wildman–Crippen LogP) is 1.16. The van der Waals surface area contributed by atoms with E-state index in [4.69, 9.17) is 5.11 Å². The lowest BCUT2D eigenvalue weighted by atomic mass is 10.3. The molecule has 0 unspecified atom stereocenters. The molecular weight excluding hydrogens is 184 g/mol. The van der Waals surface area contributed by atoms with Crippen LogP contribution in [0, 0.1) is 0 Å². The lowest BCUT2D eigenvalue weighted by Crippen LogP contribution is -2.31. The van der Waals surface area contributed by atoms with Crippen molar-refractivity contribution >= 4 is 12.0 Å². The highest BCUT2D eigenvalue weighted by Crippen LogP contribution is 2.06. The summed E-state index contributed by atoms with van der Waals surface area (Å²) < 4.78 is 0. The molecular formula is C8H12N4O2. The van der Waals surface area contributed by atoms with Gasteiger partial charge >= 0.3 is 6.09 Å². The zero-order chi connectivity index (χ0) is 10.4. The molecule has 1 heterocycles. The topological polar surface area (TPSA) is 79.2 Å². The Morgan fingerprint density at radius 1 is 1.50 bits per heavy atom. The van der Waals surface area contributed by atoms with Crippen molar-refractivity contribution in [2.75, 3.05) is 11.4 Å². The Morgan fingerprint density at radius 3 is 2.64 bits per heavy atom. The number of carbonyl (C=O) groups is 1. The van der Waals surface area contributed by atoms with E-state index < -0.39 is 6.09 Å². The van der Waals surface area contributed by atoms with E-state index in [1.54, 1.807) is 0 Å². The van der Waals surface area contributed by atoms with Crippen molar-refractivity contribution in [3.05, 3.63) is 12.7 Å². The van der Waals surface area contributed by atoms with Crippen LogP contribution in [0.4, 0.5) is 10.7 Å². The smallest absolute Gasteiger partial charge is 0.414 e. The summed E-state index contributed by atoms with van der Waals surface area (Å²) in [6.07, 6.45) is 3.24. The number of aromatic nitrogens is 3. The summed E-state index contributed by atoms with van der Waals surface area (Å²) in [6.45, 7) is 2.41. The van der Waals surface area contributed by atoms with Gasteiger partial charge in [0.1, 0.15) is 12.7 Å². The van der Waals surface area contributed by atoms with Gasteiger partial charge in [0, 0.05) is 6.54 Å². The van der Waals surface area contributed by atoms with Gasteiger partial charge < -0.3 is 5.11 Å². The van der Waals surface area contributed by atoms with Crippen molar-refractivity contribution in [2.24, 2.45) is 0 Å². The summed E-state index contributed by atoms with van der Waals surface area (Å²) in [5, 5.41) is 8.88. The van der Waals surface area contributed by atoms with Gasteiger partial charge in [0.05, 0.1) is 0 Å². The van der Waals surface area contributed by atoms with Crippen LogP contribution in [0.15, 0.2) is 12.7 Å². The Kier molecular flexibility index (Phi) is 3.78. The standard InChI is InChI=1S/C8H12N4O2/c1-2-3-4-12(8(13)14)7-10-5-9-6-11-7/h5-6H,2-4H2,1H3,(H,13,14). The van der Waals surface area contributed by atoms with E-state index in [1.807, 2.05) is 6.92 Å². The van der Waals surface area contributed by atoms with E-state index in [0.717, 1.165) is 17.7 Å². The van der Waals surface area contributed by atoms with Gasteiger partial charge in [-0.05, 0) is 6.42 Å². The minimum absolute atomic E-state index is 0.181. The van der Waals surface area contributed by atoms with Crippen molar-refractivity contribution in [3.63, 3.8) is 0 Å². The molecule has 0 aliphatic carbocycles. The summed E-state index contributed by atoms with van der Waals surface area (Å²) in [5.41, 5.74) is 0. The third-order valence-corrected chi connectivity index (χ3v) is 1.69. The van der Waals surface area contributed by atoms with Crippen LogP contribution in [0.5, 0.6) is 0 Å². The van der Waals surface area contributed by atoms with Crippen LogP contribution < -0.4 is 4.90 Å². The van der Waals surface area contributed by atoms with Crippen LogP contribution in [-0.4, -0.2) is 32.7 Å². The summed E-state index contributed by atoms with van der Waals surface area (Å²) in [4.78, 5) is 23.1. The third-order valence-electron chi connectivity index (χ3n) is 1.69. The molecule has 0 aliphatic heterocycles. The number of hydrogen-bond acceptors (Lipinski definition) is 4. The first-order chi connectivity index (χ1) is 6.75. The first-order valence-electron chi connectivity index (χ1n) is 4.38. The Hall–Kier alpha value is -1.72. The van der Waals surface area contributed by atoms with E-state index in [1.165, 1.54) is 12.7 Å². The lowest BCUT2D eigenvalue weighted by Gasteiger charge is -2.15. The molecule has 0 aromatic carbocycles. The van der Waals surface area contributed by atoms with Crippen molar-refractivity contribution in [1.29, 1.82) is 0 Å². The molecule has 1 aromatic rings. The molecule has 0 saturated carbocycles. The van der Waals surface area contributed by atoms with Crippen LogP contribution in [0.2, 0.25) is 0 Å². The zero-order valence-electron chi connectivity index (χ0n) is 7.92. The summed E-state index contributed by atoms with van der Waals surface area (Å²) in [7, 11) is 0. The Bertz CT molecular complexity index is 291. The summed E-state index contributed by atoms with van der Waals surface area (Å²) in [6, 6.07) is 0. The average Bonchev–Trinajstić information content (AvgIpc) is 2.19. The van der Waals surface area contributed by atoms with E-state index in [2.05, 4.69) is 15.0 Å². The molecule has 14 heavy (non-hydrogen) atoms. The molecule has 0 bridgehead atoms. The second-order valence-corrected chi connectivity index (χ2v) is 2.73. The van der Waals surface area contributed by atoms with Gasteiger partial charge in [-0.25, -0.2) is 24.6 Å². The fourth-order valence-electron chi connectivity index (χ4n) is 0.970. The zero-order valence-corrected chi connectivity index (χ0v) is 7.92. The predicted molar refractivity (Wildman–Crippen MR) is 50.1 cm³/mol. The van der Waals surface area contributed by atoms with Crippen molar-refractivity contribution in [3.8, 4) is 0 Å². The Balaban J connectivity index is 2.73. The number of nitrogens with zero attached hydrogens (tertiary/aromatic N) is 4. The monoisotopic (exact) mass is 196 g/mol. The molecule has 1 N–H and O–H groups in total. The van der Waals surface area contributed by atoms with Gasteiger partial charge in [-0.15, -0.1) is 0 Å². The van der Waals surface area contributed by atoms with Crippen LogP contribution in [0.3, 0.4) is 0 Å². The largest absolute Gasteiger partial charge is 0.465 e. The van der Waals surface area contributed by atoms with Gasteiger partial charge in [0.25, 0.3) is 0 Å². The fourth-order valence-corrected chi connectivity index (χ4v) is 0.970. The SMILES string of the molecule is CCCCN(C(=O)O)c1ncncn1. The van der Waals surface area contributed by atoms with Gasteiger partial charge in [-0.2, -0.15) is 0 Å². The van der Waals surface area contributed by atoms with E-state index >= 15 is 0 Å². The second-order valence-electron chi connectivity index (χ2n) is 2.73. The molecule has 1 rings (SSSR count). The normalized spacial score (nSPS) is 9.79. The third kappa shape index (κ3) is 2.65. The molecule has 1 aromatic heterocycles. The van der Waals surface area contributed by atoms with Crippen LogP contribution in [0.1, 0.15) is 19.8 Å². The van der Waals surface area contributed by atoms with Gasteiger partial charge in [0.2, 0.25) is 5.95 Å².